The summed E-state index contributed by atoms with van der Waals surface area (Å²) < 4.78 is 5.41. The average molecular weight is 262 g/mol. The molecular weight excluding hydrogens is 244 g/mol. The number of para-hydroxylation sites is 1. The first kappa shape index (κ1) is 13.1. The van der Waals surface area contributed by atoms with Crippen LogP contribution in [0.5, 0.6) is 5.75 Å². The van der Waals surface area contributed by atoms with Crippen LogP contribution in [0, 0.1) is 6.92 Å². The molecule has 18 heavy (non-hydrogen) atoms. The molecule has 0 saturated heterocycles. The Morgan fingerprint density at radius 2 is 2.17 bits per heavy atom. The van der Waals surface area contributed by atoms with Gasteiger partial charge in [-0.15, -0.1) is 11.3 Å². The SMILES string of the molecule is CNC(Cc1nc(C)cs1)c1ccccc1OC. The molecule has 1 N–H and O–H groups in total. The molecular formula is C14H18N2OS. The quantitative estimate of drug-likeness (QED) is 0.899. The van der Waals surface area contributed by atoms with E-state index in [4.69, 9.17) is 4.74 Å². The third kappa shape index (κ3) is 2.89. The molecule has 1 aromatic heterocycles. The van der Waals surface area contributed by atoms with Gasteiger partial charge in [-0.1, -0.05) is 18.2 Å². The molecule has 0 radical (unpaired) electrons. The Balaban J connectivity index is 2.22. The Morgan fingerprint density at radius 3 is 2.78 bits per heavy atom. The average Bonchev–Trinajstić information content (AvgIpc) is 2.81. The summed E-state index contributed by atoms with van der Waals surface area (Å²) in [6.45, 7) is 2.03. The van der Waals surface area contributed by atoms with Crippen molar-refractivity contribution >= 4 is 11.3 Å². The van der Waals surface area contributed by atoms with Crippen LogP contribution in [0.1, 0.15) is 22.3 Å². The number of hydrogen-bond donors (Lipinski definition) is 1. The minimum atomic E-state index is 0.228. The number of hydrogen-bond acceptors (Lipinski definition) is 4. The van der Waals surface area contributed by atoms with E-state index in [0.717, 1.165) is 22.9 Å². The van der Waals surface area contributed by atoms with Gasteiger partial charge in [0, 0.05) is 29.1 Å². The molecule has 2 aromatic rings. The van der Waals surface area contributed by atoms with Crippen molar-refractivity contribution in [2.24, 2.45) is 0 Å². The van der Waals surface area contributed by atoms with Crippen molar-refractivity contribution in [1.29, 1.82) is 0 Å². The van der Waals surface area contributed by atoms with Gasteiger partial charge in [-0.3, -0.25) is 0 Å². The van der Waals surface area contributed by atoms with Gasteiger partial charge in [0.1, 0.15) is 5.75 Å². The molecule has 1 unspecified atom stereocenters. The van der Waals surface area contributed by atoms with Gasteiger partial charge in [-0.25, -0.2) is 4.98 Å². The highest BCUT2D eigenvalue weighted by molar-refractivity contribution is 7.09. The summed E-state index contributed by atoms with van der Waals surface area (Å²) in [5.74, 6) is 0.921. The Morgan fingerprint density at radius 1 is 1.39 bits per heavy atom. The third-order valence-electron chi connectivity index (χ3n) is 2.91. The molecule has 0 aliphatic carbocycles. The first-order valence-electron chi connectivity index (χ1n) is 5.95. The lowest BCUT2D eigenvalue weighted by Gasteiger charge is -2.18. The van der Waals surface area contributed by atoms with E-state index < -0.39 is 0 Å². The number of thiazole rings is 1. The number of nitrogens with one attached hydrogen (secondary N) is 1. The summed E-state index contributed by atoms with van der Waals surface area (Å²) in [5, 5.41) is 6.58. The molecule has 0 aliphatic rings. The van der Waals surface area contributed by atoms with E-state index in [1.165, 1.54) is 5.56 Å². The van der Waals surface area contributed by atoms with Crippen molar-refractivity contribution in [3.05, 3.63) is 45.9 Å². The summed E-state index contributed by atoms with van der Waals surface area (Å²) in [4.78, 5) is 4.52. The van der Waals surface area contributed by atoms with Crippen molar-refractivity contribution in [2.75, 3.05) is 14.2 Å². The maximum atomic E-state index is 5.41. The molecule has 1 heterocycles. The lowest BCUT2D eigenvalue weighted by Crippen LogP contribution is -2.19. The van der Waals surface area contributed by atoms with Crippen LogP contribution in [-0.4, -0.2) is 19.1 Å². The molecule has 0 spiro atoms. The van der Waals surface area contributed by atoms with Gasteiger partial charge in [0.05, 0.1) is 12.1 Å². The standard InChI is InChI=1S/C14H18N2OS/c1-10-9-18-14(16-10)8-12(15-2)11-6-4-5-7-13(11)17-3/h4-7,9,12,15H,8H2,1-3H3. The van der Waals surface area contributed by atoms with E-state index in [-0.39, 0.29) is 6.04 Å². The molecule has 1 aromatic carbocycles. The maximum Gasteiger partial charge on any atom is 0.123 e. The third-order valence-corrected chi connectivity index (χ3v) is 3.90. The predicted octanol–water partition coefficient (Wildman–Crippen LogP) is 2.96. The Bertz CT molecular complexity index is 510. The van der Waals surface area contributed by atoms with Crippen molar-refractivity contribution in [3.8, 4) is 5.75 Å². The number of likely N-dealkylation sites (N-methyl/N-ethyl adjacent to an activating group) is 1. The van der Waals surface area contributed by atoms with Crippen LogP contribution < -0.4 is 10.1 Å². The van der Waals surface area contributed by atoms with Crippen molar-refractivity contribution < 1.29 is 4.74 Å². The number of benzene rings is 1. The van der Waals surface area contributed by atoms with Crippen LogP contribution >= 0.6 is 11.3 Å². The van der Waals surface area contributed by atoms with Crippen LogP contribution in [0.15, 0.2) is 29.6 Å². The van der Waals surface area contributed by atoms with Crippen LogP contribution in [-0.2, 0) is 6.42 Å². The minimum absolute atomic E-state index is 0.228. The highest BCUT2D eigenvalue weighted by Crippen LogP contribution is 2.27. The van der Waals surface area contributed by atoms with E-state index in [0.29, 0.717) is 0 Å². The van der Waals surface area contributed by atoms with Crippen molar-refractivity contribution in [3.63, 3.8) is 0 Å². The molecule has 0 bridgehead atoms. The normalized spacial score (nSPS) is 12.4. The molecule has 0 fully saturated rings. The van der Waals surface area contributed by atoms with Gasteiger partial charge in [-0.2, -0.15) is 0 Å². The largest absolute Gasteiger partial charge is 0.496 e. The highest BCUT2D eigenvalue weighted by atomic mass is 32.1. The lowest BCUT2D eigenvalue weighted by molar-refractivity contribution is 0.401. The molecule has 0 amide bonds. The van der Waals surface area contributed by atoms with Crippen molar-refractivity contribution in [2.45, 2.75) is 19.4 Å². The van der Waals surface area contributed by atoms with Gasteiger partial charge in [-0.05, 0) is 20.0 Å². The second-order valence-electron chi connectivity index (χ2n) is 4.17. The summed E-state index contributed by atoms with van der Waals surface area (Å²) in [6, 6.07) is 8.34. The topological polar surface area (TPSA) is 34.2 Å². The number of aryl methyl sites for hydroxylation is 1. The number of methoxy groups -OCH3 is 1. The molecule has 0 aliphatic heterocycles. The maximum absolute atomic E-state index is 5.41. The summed E-state index contributed by atoms with van der Waals surface area (Å²) in [5.41, 5.74) is 2.26. The van der Waals surface area contributed by atoms with Crippen LogP contribution in [0.4, 0.5) is 0 Å². The molecule has 1 atom stereocenters. The van der Waals surface area contributed by atoms with E-state index >= 15 is 0 Å². The number of nitrogens with zero attached hydrogens (tertiary/aromatic N) is 1. The first-order chi connectivity index (χ1) is 8.74. The fourth-order valence-corrected chi connectivity index (χ4v) is 2.81. The van der Waals surface area contributed by atoms with Crippen LogP contribution in [0.3, 0.4) is 0 Å². The summed E-state index contributed by atoms with van der Waals surface area (Å²) >= 11 is 1.71. The van der Waals surface area contributed by atoms with Crippen molar-refractivity contribution in [1.82, 2.24) is 10.3 Å². The molecule has 0 saturated carbocycles. The monoisotopic (exact) mass is 262 g/mol. The first-order valence-corrected chi connectivity index (χ1v) is 6.83. The second-order valence-corrected chi connectivity index (χ2v) is 5.11. The fraction of sp³-hybridized carbons (Fsp3) is 0.357. The molecule has 96 valence electrons. The van der Waals surface area contributed by atoms with Crippen LogP contribution in [0.25, 0.3) is 0 Å². The summed E-state index contributed by atoms with van der Waals surface area (Å²) in [7, 11) is 3.68. The number of ether oxygens (including phenoxy) is 1. The number of aromatic nitrogens is 1. The Labute approximate surface area is 112 Å². The van der Waals surface area contributed by atoms with Gasteiger partial charge < -0.3 is 10.1 Å². The van der Waals surface area contributed by atoms with Gasteiger partial charge >= 0.3 is 0 Å². The van der Waals surface area contributed by atoms with Gasteiger partial charge in [0.25, 0.3) is 0 Å². The number of rotatable bonds is 5. The van der Waals surface area contributed by atoms with E-state index in [1.54, 1.807) is 18.4 Å². The lowest BCUT2D eigenvalue weighted by atomic mass is 10.0. The second kappa shape index (κ2) is 5.98. The Hall–Kier alpha value is -1.39. The van der Waals surface area contributed by atoms with E-state index in [9.17, 15) is 0 Å². The molecule has 3 nitrogen and oxygen atoms in total. The molecule has 4 heteroatoms. The van der Waals surface area contributed by atoms with Gasteiger partial charge in [0.15, 0.2) is 0 Å². The van der Waals surface area contributed by atoms with Gasteiger partial charge in [0.2, 0.25) is 0 Å². The van der Waals surface area contributed by atoms with E-state index in [1.807, 2.05) is 32.2 Å². The van der Waals surface area contributed by atoms with E-state index in [2.05, 4.69) is 21.7 Å². The smallest absolute Gasteiger partial charge is 0.123 e. The predicted molar refractivity (Wildman–Crippen MR) is 75.3 cm³/mol. The van der Waals surface area contributed by atoms with Crippen LogP contribution in [0.2, 0.25) is 0 Å². The zero-order valence-corrected chi connectivity index (χ0v) is 11.8. The Kier molecular flexibility index (Phi) is 4.33. The fourth-order valence-electron chi connectivity index (χ4n) is 1.99. The summed E-state index contributed by atoms with van der Waals surface area (Å²) in [6.07, 6.45) is 0.884. The zero-order valence-electron chi connectivity index (χ0n) is 10.9. The molecule has 2 rings (SSSR count). The zero-order chi connectivity index (χ0) is 13.0. The minimum Gasteiger partial charge on any atom is -0.496 e. The highest BCUT2D eigenvalue weighted by Gasteiger charge is 2.15.